The van der Waals surface area contributed by atoms with Gasteiger partial charge in [-0.1, -0.05) is 0 Å². The lowest BCUT2D eigenvalue weighted by Crippen LogP contribution is -2.40. The van der Waals surface area contributed by atoms with E-state index in [4.69, 9.17) is 0 Å². The lowest BCUT2D eigenvalue weighted by atomic mass is 10.1. The quantitative estimate of drug-likeness (QED) is 0.643. The van der Waals surface area contributed by atoms with Crippen molar-refractivity contribution < 1.29 is 9.72 Å². The zero-order chi connectivity index (χ0) is 14.2. The molecule has 0 aliphatic rings. The molecule has 0 radical (unpaired) electrons. The number of H-pyrrole nitrogens is 1. The van der Waals surface area contributed by atoms with E-state index in [1.807, 2.05) is 20.8 Å². The van der Waals surface area contributed by atoms with Crippen molar-refractivity contribution in [1.82, 2.24) is 10.3 Å². The molecule has 6 nitrogen and oxygen atoms in total. The maximum Gasteiger partial charge on any atom is 0.270 e. The molecule has 19 heavy (non-hydrogen) atoms. The zero-order valence-electron chi connectivity index (χ0n) is 11.0. The van der Waals surface area contributed by atoms with Crippen LogP contribution in [0.4, 0.5) is 5.69 Å². The molecule has 2 rings (SSSR count). The summed E-state index contributed by atoms with van der Waals surface area (Å²) in [6.45, 7) is 5.63. The first-order valence-corrected chi connectivity index (χ1v) is 5.86. The van der Waals surface area contributed by atoms with E-state index in [0.717, 1.165) is 0 Å². The molecule has 1 aromatic carbocycles. The highest BCUT2D eigenvalue weighted by molar-refractivity contribution is 6.07. The maximum absolute atomic E-state index is 12.1. The van der Waals surface area contributed by atoms with Gasteiger partial charge in [0.15, 0.2) is 0 Å². The number of nitro groups is 1. The van der Waals surface area contributed by atoms with Crippen LogP contribution in [0.15, 0.2) is 24.4 Å². The Bertz CT molecular complexity index is 653. The van der Waals surface area contributed by atoms with E-state index >= 15 is 0 Å². The number of amides is 1. The van der Waals surface area contributed by atoms with Gasteiger partial charge in [0.25, 0.3) is 11.6 Å². The molecule has 1 heterocycles. The Labute approximate surface area is 110 Å². The Kier molecular flexibility index (Phi) is 3.01. The monoisotopic (exact) mass is 261 g/mol. The fourth-order valence-electron chi connectivity index (χ4n) is 1.82. The van der Waals surface area contributed by atoms with Crippen molar-refractivity contribution >= 4 is 22.5 Å². The van der Waals surface area contributed by atoms with Crippen LogP contribution in [-0.4, -0.2) is 21.4 Å². The third kappa shape index (κ3) is 2.73. The zero-order valence-corrected chi connectivity index (χ0v) is 11.0. The van der Waals surface area contributed by atoms with Gasteiger partial charge >= 0.3 is 0 Å². The minimum absolute atomic E-state index is 0.0306. The average Bonchev–Trinajstić information content (AvgIpc) is 2.68. The van der Waals surface area contributed by atoms with Crippen LogP contribution in [0.2, 0.25) is 0 Å². The Morgan fingerprint density at radius 2 is 2.05 bits per heavy atom. The molecule has 100 valence electrons. The van der Waals surface area contributed by atoms with Gasteiger partial charge in [-0.05, 0) is 26.8 Å². The van der Waals surface area contributed by atoms with E-state index < -0.39 is 4.92 Å². The molecule has 1 aromatic heterocycles. The fourth-order valence-corrected chi connectivity index (χ4v) is 1.82. The van der Waals surface area contributed by atoms with E-state index in [1.165, 1.54) is 12.1 Å². The number of carbonyl (C=O) groups is 1. The molecule has 0 aliphatic carbocycles. The number of rotatable bonds is 2. The van der Waals surface area contributed by atoms with Gasteiger partial charge in [0.05, 0.1) is 10.5 Å². The van der Waals surface area contributed by atoms with Crippen LogP contribution in [0.3, 0.4) is 0 Å². The van der Waals surface area contributed by atoms with Gasteiger partial charge in [-0.3, -0.25) is 14.9 Å². The molecule has 1 amide bonds. The third-order valence-corrected chi connectivity index (χ3v) is 2.61. The van der Waals surface area contributed by atoms with Crippen molar-refractivity contribution in [2.24, 2.45) is 0 Å². The molecule has 0 spiro atoms. The molecule has 0 unspecified atom stereocenters. The Morgan fingerprint density at radius 1 is 1.37 bits per heavy atom. The number of hydrogen-bond acceptors (Lipinski definition) is 3. The van der Waals surface area contributed by atoms with Crippen LogP contribution in [0.1, 0.15) is 31.1 Å². The van der Waals surface area contributed by atoms with Crippen molar-refractivity contribution in [3.63, 3.8) is 0 Å². The number of non-ortho nitro benzene ring substituents is 1. The van der Waals surface area contributed by atoms with E-state index in [9.17, 15) is 14.9 Å². The number of aromatic amines is 1. The van der Waals surface area contributed by atoms with E-state index in [0.29, 0.717) is 16.5 Å². The first-order chi connectivity index (χ1) is 8.78. The van der Waals surface area contributed by atoms with Gasteiger partial charge in [0, 0.05) is 34.8 Å². The average molecular weight is 261 g/mol. The van der Waals surface area contributed by atoms with Gasteiger partial charge in [-0.15, -0.1) is 0 Å². The molecular weight excluding hydrogens is 246 g/mol. The summed E-state index contributed by atoms with van der Waals surface area (Å²) >= 11 is 0. The van der Waals surface area contributed by atoms with E-state index in [1.54, 1.807) is 12.3 Å². The minimum Gasteiger partial charge on any atom is -0.360 e. The van der Waals surface area contributed by atoms with Gasteiger partial charge < -0.3 is 10.3 Å². The van der Waals surface area contributed by atoms with Crippen molar-refractivity contribution in [1.29, 1.82) is 0 Å². The summed E-state index contributed by atoms with van der Waals surface area (Å²) in [6, 6.07) is 4.41. The summed E-state index contributed by atoms with van der Waals surface area (Å²) < 4.78 is 0. The maximum atomic E-state index is 12.1. The van der Waals surface area contributed by atoms with Gasteiger partial charge in [-0.2, -0.15) is 0 Å². The van der Waals surface area contributed by atoms with Gasteiger partial charge in [-0.25, -0.2) is 0 Å². The number of carbonyl (C=O) groups excluding carboxylic acids is 1. The van der Waals surface area contributed by atoms with Crippen LogP contribution >= 0.6 is 0 Å². The highest BCUT2D eigenvalue weighted by atomic mass is 16.6. The van der Waals surface area contributed by atoms with Crippen molar-refractivity contribution in [2.75, 3.05) is 0 Å². The summed E-state index contributed by atoms with van der Waals surface area (Å²) in [4.78, 5) is 25.4. The van der Waals surface area contributed by atoms with Crippen molar-refractivity contribution in [2.45, 2.75) is 26.3 Å². The van der Waals surface area contributed by atoms with Gasteiger partial charge in [0.2, 0.25) is 0 Å². The number of hydrogen-bond donors (Lipinski definition) is 2. The van der Waals surface area contributed by atoms with Gasteiger partial charge in [0.1, 0.15) is 0 Å². The van der Waals surface area contributed by atoms with Crippen molar-refractivity contribution in [3.8, 4) is 0 Å². The Morgan fingerprint density at radius 3 is 2.63 bits per heavy atom. The van der Waals surface area contributed by atoms with Crippen LogP contribution in [0.25, 0.3) is 10.9 Å². The Hall–Kier alpha value is -2.37. The predicted molar refractivity (Wildman–Crippen MR) is 72.2 cm³/mol. The number of nitro benzene ring substituents is 1. The molecule has 2 N–H and O–H groups in total. The summed E-state index contributed by atoms with van der Waals surface area (Å²) in [5.74, 6) is -0.251. The fraction of sp³-hybridized carbons (Fsp3) is 0.308. The number of fused-ring (bicyclic) bond motifs is 1. The Balaban J connectivity index is 2.46. The molecule has 6 heteroatoms. The summed E-state index contributed by atoms with van der Waals surface area (Å²) in [7, 11) is 0. The second-order valence-electron chi connectivity index (χ2n) is 5.39. The molecule has 0 fully saturated rings. The number of benzene rings is 1. The standard InChI is InChI=1S/C13H15N3O3/c1-13(2,3)15-12(17)10-7-14-11-5-4-8(16(18)19)6-9(10)11/h4-7,14H,1-3H3,(H,15,17). The molecule has 0 aliphatic heterocycles. The molecular formula is C13H15N3O3. The summed E-state index contributed by atoms with van der Waals surface area (Å²) in [5, 5.41) is 14.2. The largest absolute Gasteiger partial charge is 0.360 e. The summed E-state index contributed by atoms with van der Waals surface area (Å²) in [5.41, 5.74) is 0.719. The van der Waals surface area contributed by atoms with Crippen molar-refractivity contribution in [3.05, 3.63) is 40.1 Å². The second-order valence-corrected chi connectivity index (χ2v) is 5.39. The SMILES string of the molecule is CC(C)(C)NC(=O)c1c[nH]c2ccc([N+](=O)[O-])cc12. The lowest BCUT2D eigenvalue weighted by Gasteiger charge is -2.20. The lowest BCUT2D eigenvalue weighted by molar-refractivity contribution is -0.384. The predicted octanol–water partition coefficient (Wildman–Crippen LogP) is 2.60. The first kappa shape index (κ1) is 13.1. The smallest absolute Gasteiger partial charge is 0.270 e. The topological polar surface area (TPSA) is 88.0 Å². The highest BCUT2D eigenvalue weighted by Gasteiger charge is 2.19. The number of nitrogens with one attached hydrogen (secondary N) is 2. The van der Waals surface area contributed by atoms with Crippen LogP contribution < -0.4 is 5.32 Å². The van der Waals surface area contributed by atoms with Crippen LogP contribution in [0.5, 0.6) is 0 Å². The molecule has 0 atom stereocenters. The van der Waals surface area contributed by atoms with E-state index in [2.05, 4.69) is 10.3 Å². The van der Waals surface area contributed by atoms with E-state index in [-0.39, 0.29) is 17.1 Å². The minimum atomic E-state index is -0.474. The number of nitrogens with zero attached hydrogens (tertiary/aromatic N) is 1. The molecule has 2 aromatic rings. The molecule has 0 bridgehead atoms. The van der Waals surface area contributed by atoms with Crippen LogP contribution in [-0.2, 0) is 0 Å². The summed E-state index contributed by atoms with van der Waals surface area (Å²) in [6.07, 6.45) is 1.56. The second kappa shape index (κ2) is 4.38. The first-order valence-electron chi connectivity index (χ1n) is 5.86. The third-order valence-electron chi connectivity index (χ3n) is 2.61. The highest BCUT2D eigenvalue weighted by Crippen LogP contribution is 2.24. The molecule has 0 saturated heterocycles. The number of aromatic nitrogens is 1. The normalized spacial score (nSPS) is 11.5. The van der Waals surface area contributed by atoms with Crippen LogP contribution in [0, 0.1) is 10.1 Å². The molecule has 0 saturated carbocycles.